The van der Waals surface area contributed by atoms with Crippen LogP contribution in [0.15, 0.2) is 24.3 Å². The molecule has 1 aromatic carbocycles. The summed E-state index contributed by atoms with van der Waals surface area (Å²) in [6.07, 6.45) is 0. The number of nitrogens with zero attached hydrogens (tertiary/aromatic N) is 3. The van der Waals surface area contributed by atoms with Crippen molar-refractivity contribution in [2.75, 3.05) is 6.54 Å². The summed E-state index contributed by atoms with van der Waals surface area (Å²) >= 11 is 0. The number of nitrogens with one attached hydrogen (secondary N) is 1. The number of aromatic nitrogens is 3. The molecule has 2 aromatic rings. The highest BCUT2D eigenvalue weighted by molar-refractivity contribution is 5.27. The zero-order valence-corrected chi connectivity index (χ0v) is 12.8. The molecule has 2 rings (SSSR count). The summed E-state index contributed by atoms with van der Waals surface area (Å²) in [7, 11) is 0. The van der Waals surface area contributed by atoms with Crippen molar-refractivity contribution in [3.8, 4) is 0 Å². The van der Waals surface area contributed by atoms with Gasteiger partial charge in [0, 0.05) is 6.54 Å². The molecule has 0 aliphatic carbocycles. The van der Waals surface area contributed by atoms with Crippen molar-refractivity contribution < 1.29 is 0 Å². The quantitative estimate of drug-likeness (QED) is 0.879. The first-order chi connectivity index (χ1) is 9.56. The third-order valence-electron chi connectivity index (χ3n) is 3.27. The summed E-state index contributed by atoms with van der Waals surface area (Å²) in [4.78, 5) is 4.36. The van der Waals surface area contributed by atoms with E-state index >= 15 is 0 Å². The molecule has 0 aliphatic heterocycles. The van der Waals surface area contributed by atoms with Gasteiger partial charge in [0.25, 0.3) is 0 Å². The van der Waals surface area contributed by atoms with Crippen LogP contribution < -0.4 is 5.32 Å². The minimum atomic E-state index is 0.669. The van der Waals surface area contributed by atoms with E-state index in [-0.39, 0.29) is 0 Å². The van der Waals surface area contributed by atoms with Crippen molar-refractivity contribution in [3.05, 3.63) is 47.0 Å². The third-order valence-corrected chi connectivity index (χ3v) is 3.27. The average molecular weight is 272 g/mol. The molecule has 0 bridgehead atoms. The minimum absolute atomic E-state index is 0.669. The molecule has 1 aromatic heterocycles. The first-order valence-electron chi connectivity index (χ1n) is 7.22. The summed E-state index contributed by atoms with van der Waals surface area (Å²) < 4.78 is 1.97. The number of aryl methyl sites for hydroxylation is 2. The number of hydrogen-bond acceptors (Lipinski definition) is 3. The average Bonchev–Trinajstić information content (AvgIpc) is 2.69. The topological polar surface area (TPSA) is 42.7 Å². The SMILES string of the molecule is Cc1nc(C)n(Cc2ccccc2CNCC(C)C)n1. The maximum atomic E-state index is 4.44. The van der Waals surface area contributed by atoms with E-state index in [0.717, 1.165) is 31.3 Å². The smallest absolute Gasteiger partial charge is 0.147 e. The van der Waals surface area contributed by atoms with Crippen LogP contribution in [0.2, 0.25) is 0 Å². The Hall–Kier alpha value is -1.68. The fraction of sp³-hybridized carbons (Fsp3) is 0.500. The molecule has 0 unspecified atom stereocenters. The van der Waals surface area contributed by atoms with Crippen molar-refractivity contribution in [1.82, 2.24) is 20.1 Å². The van der Waals surface area contributed by atoms with Gasteiger partial charge in [-0.2, -0.15) is 5.10 Å². The monoisotopic (exact) mass is 272 g/mol. The van der Waals surface area contributed by atoms with Gasteiger partial charge in [0.1, 0.15) is 11.6 Å². The van der Waals surface area contributed by atoms with Crippen LogP contribution in [-0.2, 0) is 13.1 Å². The fourth-order valence-corrected chi connectivity index (χ4v) is 2.25. The van der Waals surface area contributed by atoms with Crippen molar-refractivity contribution in [2.45, 2.75) is 40.8 Å². The summed E-state index contributed by atoms with van der Waals surface area (Å²) in [5, 5.41) is 7.94. The molecule has 4 heteroatoms. The summed E-state index contributed by atoms with van der Waals surface area (Å²) in [6.45, 7) is 11.1. The van der Waals surface area contributed by atoms with E-state index < -0.39 is 0 Å². The van der Waals surface area contributed by atoms with E-state index in [0.29, 0.717) is 5.92 Å². The lowest BCUT2D eigenvalue weighted by Gasteiger charge is -2.12. The zero-order chi connectivity index (χ0) is 14.5. The van der Waals surface area contributed by atoms with Gasteiger partial charge in [0.15, 0.2) is 0 Å². The number of rotatable bonds is 6. The first kappa shape index (κ1) is 14.7. The van der Waals surface area contributed by atoms with Gasteiger partial charge in [0.05, 0.1) is 6.54 Å². The first-order valence-corrected chi connectivity index (χ1v) is 7.22. The minimum Gasteiger partial charge on any atom is -0.312 e. The highest BCUT2D eigenvalue weighted by Crippen LogP contribution is 2.11. The van der Waals surface area contributed by atoms with Crippen LogP contribution in [0.4, 0.5) is 0 Å². The largest absolute Gasteiger partial charge is 0.312 e. The second kappa shape index (κ2) is 6.66. The van der Waals surface area contributed by atoms with Gasteiger partial charge in [-0.25, -0.2) is 9.67 Å². The molecule has 0 aliphatic rings. The molecular formula is C16H24N4. The van der Waals surface area contributed by atoms with E-state index in [1.165, 1.54) is 11.1 Å². The molecule has 0 atom stereocenters. The Morgan fingerprint density at radius 1 is 1.15 bits per heavy atom. The Kier molecular flexibility index (Phi) is 4.90. The lowest BCUT2D eigenvalue weighted by atomic mass is 10.1. The molecule has 108 valence electrons. The molecular weight excluding hydrogens is 248 g/mol. The molecule has 0 radical (unpaired) electrons. The lowest BCUT2D eigenvalue weighted by Crippen LogP contribution is -2.20. The summed E-state index contributed by atoms with van der Waals surface area (Å²) in [6, 6.07) is 8.53. The van der Waals surface area contributed by atoms with Gasteiger partial charge in [-0.1, -0.05) is 38.1 Å². The van der Waals surface area contributed by atoms with E-state index in [1.54, 1.807) is 0 Å². The van der Waals surface area contributed by atoms with Crippen LogP contribution in [0, 0.1) is 19.8 Å². The Labute approximate surface area is 121 Å². The van der Waals surface area contributed by atoms with Gasteiger partial charge >= 0.3 is 0 Å². The Morgan fingerprint density at radius 3 is 2.45 bits per heavy atom. The molecule has 0 fully saturated rings. The van der Waals surface area contributed by atoms with Gasteiger partial charge in [-0.15, -0.1) is 0 Å². The standard InChI is InChI=1S/C16H24N4/c1-12(2)9-17-10-15-7-5-6-8-16(15)11-20-14(4)18-13(3)19-20/h5-8,12,17H,9-11H2,1-4H3. The van der Waals surface area contributed by atoms with Crippen molar-refractivity contribution in [3.63, 3.8) is 0 Å². The van der Waals surface area contributed by atoms with Crippen LogP contribution >= 0.6 is 0 Å². The Morgan fingerprint density at radius 2 is 1.85 bits per heavy atom. The zero-order valence-electron chi connectivity index (χ0n) is 12.8. The summed E-state index contributed by atoms with van der Waals surface area (Å²) in [5.74, 6) is 2.47. The van der Waals surface area contributed by atoms with Crippen LogP contribution in [0.25, 0.3) is 0 Å². The Balaban J connectivity index is 2.09. The third kappa shape index (κ3) is 3.90. The van der Waals surface area contributed by atoms with Crippen LogP contribution in [0.5, 0.6) is 0 Å². The normalized spacial score (nSPS) is 11.2. The van der Waals surface area contributed by atoms with Crippen LogP contribution in [0.3, 0.4) is 0 Å². The van der Waals surface area contributed by atoms with Crippen molar-refractivity contribution in [1.29, 1.82) is 0 Å². The molecule has 0 amide bonds. The molecule has 1 heterocycles. The van der Waals surface area contributed by atoms with Gasteiger partial charge < -0.3 is 5.32 Å². The van der Waals surface area contributed by atoms with Gasteiger partial charge in [0.2, 0.25) is 0 Å². The van der Waals surface area contributed by atoms with E-state index in [2.05, 4.69) is 53.5 Å². The lowest BCUT2D eigenvalue weighted by molar-refractivity contribution is 0.549. The van der Waals surface area contributed by atoms with E-state index in [9.17, 15) is 0 Å². The predicted octanol–water partition coefficient (Wildman–Crippen LogP) is 2.69. The maximum Gasteiger partial charge on any atom is 0.147 e. The van der Waals surface area contributed by atoms with E-state index in [1.807, 2.05) is 18.5 Å². The highest BCUT2D eigenvalue weighted by atomic mass is 15.3. The predicted molar refractivity (Wildman–Crippen MR) is 81.6 cm³/mol. The second-order valence-electron chi connectivity index (χ2n) is 5.66. The number of hydrogen-bond donors (Lipinski definition) is 1. The van der Waals surface area contributed by atoms with Crippen LogP contribution in [0.1, 0.15) is 36.6 Å². The fourth-order valence-electron chi connectivity index (χ4n) is 2.25. The van der Waals surface area contributed by atoms with Gasteiger partial charge in [-0.3, -0.25) is 0 Å². The van der Waals surface area contributed by atoms with E-state index in [4.69, 9.17) is 0 Å². The Bertz CT molecular complexity index is 557. The molecule has 4 nitrogen and oxygen atoms in total. The highest BCUT2D eigenvalue weighted by Gasteiger charge is 2.07. The van der Waals surface area contributed by atoms with Crippen LogP contribution in [-0.4, -0.2) is 21.3 Å². The summed E-state index contributed by atoms with van der Waals surface area (Å²) in [5.41, 5.74) is 2.64. The van der Waals surface area contributed by atoms with Crippen molar-refractivity contribution in [2.24, 2.45) is 5.92 Å². The maximum absolute atomic E-state index is 4.44. The number of benzene rings is 1. The molecule has 0 saturated heterocycles. The molecule has 20 heavy (non-hydrogen) atoms. The van der Waals surface area contributed by atoms with Gasteiger partial charge in [-0.05, 0) is 37.4 Å². The second-order valence-corrected chi connectivity index (χ2v) is 5.66. The molecule has 1 N–H and O–H groups in total. The molecule has 0 spiro atoms. The van der Waals surface area contributed by atoms with Crippen molar-refractivity contribution >= 4 is 0 Å². The molecule has 0 saturated carbocycles.